The van der Waals surface area contributed by atoms with Gasteiger partial charge in [0.1, 0.15) is 11.6 Å². The molecule has 3 aromatic heterocycles. The third kappa shape index (κ3) is 3.32. The van der Waals surface area contributed by atoms with Crippen LogP contribution in [0.25, 0.3) is 0 Å². The van der Waals surface area contributed by atoms with Crippen LogP contribution in [0.1, 0.15) is 35.3 Å². The fourth-order valence-electron chi connectivity index (χ4n) is 3.16. The number of hydrogen-bond donors (Lipinski definition) is 2. The third-order valence-electron chi connectivity index (χ3n) is 4.24. The monoisotopic (exact) mass is 340 g/mol. The molecule has 4 rings (SSSR count). The normalized spacial score (nSPS) is 18.1. The van der Waals surface area contributed by atoms with Gasteiger partial charge < -0.3 is 10.3 Å². The molecule has 7 heteroatoms. The van der Waals surface area contributed by atoms with Gasteiger partial charge in [0, 0.05) is 23.5 Å². The number of pyridine rings is 1. The summed E-state index contributed by atoms with van der Waals surface area (Å²) in [4.78, 5) is 20.3. The van der Waals surface area contributed by atoms with Gasteiger partial charge in [0.05, 0.1) is 18.3 Å². The minimum atomic E-state index is 0.342. The van der Waals surface area contributed by atoms with Crippen LogP contribution in [0, 0.1) is 6.92 Å². The summed E-state index contributed by atoms with van der Waals surface area (Å²) < 4.78 is 0. The fraction of sp³-hybridized carbons (Fsp3) is 0.353. The standard InChI is InChI=1S/C17H20N6S/c1-12-10-20-17(24-12)22-15-6-2-4-13(21-15)14-5-3-9-23(14)11-16-18-7-8-19-16/h2,4,6-8,10,14H,3,5,9,11H2,1H3,(H,18,19)(H,20,21,22)/t14-/m0/s1. The molecule has 0 aromatic carbocycles. The molecule has 0 aliphatic carbocycles. The van der Waals surface area contributed by atoms with E-state index < -0.39 is 0 Å². The Bertz CT molecular complexity index is 797. The van der Waals surface area contributed by atoms with Crippen LogP contribution in [0.5, 0.6) is 0 Å². The summed E-state index contributed by atoms with van der Waals surface area (Å²) in [6.45, 7) is 3.97. The summed E-state index contributed by atoms with van der Waals surface area (Å²) in [7, 11) is 0. The summed E-state index contributed by atoms with van der Waals surface area (Å²) in [6.07, 6.45) is 7.88. The number of aryl methyl sites for hydroxylation is 1. The third-order valence-corrected chi connectivity index (χ3v) is 5.07. The number of hydrogen-bond acceptors (Lipinski definition) is 6. The van der Waals surface area contributed by atoms with Gasteiger partial charge in [-0.1, -0.05) is 6.07 Å². The Kier molecular flexibility index (Phi) is 4.27. The first-order valence-electron chi connectivity index (χ1n) is 8.16. The van der Waals surface area contributed by atoms with Gasteiger partial charge in [-0.3, -0.25) is 4.90 Å². The number of nitrogens with zero attached hydrogens (tertiary/aromatic N) is 4. The van der Waals surface area contributed by atoms with Crippen molar-refractivity contribution in [2.75, 3.05) is 11.9 Å². The molecule has 2 N–H and O–H groups in total. The minimum absolute atomic E-state index is 0.342. The second kappa shape index (κ2) is 6.70. The molecule has 0 saturated carbocycles. The number of aromatic nitrogens is 4. The first kappa shape index (κ1) is 15.3. The zero-order valence-corrected chi connectivity index (χ0v) is 14.4. The first-order valence-corrected chi connectivity index (χ1v) is 8.98. The molecule has 0 unspecified atom stereocenters. The van der Waals surface area contributed by atoms with Crippen molar-refractivity contribution in [3.63, 3.8) is 0 Å². The Morgan fingerprint density at radius 1 is 1.38 bits per heavy atom. The Morgan fingerprint density at radius 3 is 3.12 bits per heavy atom. The molecule has 6 nitrogen and oxygen atoms in total. The molecule has 0 radical (unpaired) electrons. The highest BCUT2D eigenvalue weighted by Crippen LogP contribution is 2.32. The van der Waals surface area contributed by atoms with Crippen molar-refractivity contribution in [1.82, 2.24) is 24.8 Å². The van der Waals surface area contributed by atoms with Crippen LogP contribution in [-0.2, 0) is 6.54 Å². The van der Waals surface area contributed by atoms with Gasteiger partial charge in [-0.05, 0) is 38.4 Å². The van der Waals surface area contributed by atoms with Crippen LogP contribution in [0.15, 0.2) is 36.8 Å². The number of thiazole rings is 1. The fourth-order valence-corrected chi connectivity index (χ4v) is 3.83. The highest BCUT2D eigenvalue weighted by molar-refractivity contribution is 7.15. The number of H-pyrrole nitrogens is 1. The average molecular weight is 340 g/mol. The van der Waals surface area contributed by atoms with E-state index in [9.17, 15) is 0 Å². The van der Waals surface area contributed by atoms with Gasteiger partial charge in [-0.25, -0.2) is 15.0 Å². The van der Waals surface area contributed by atoms with E-state index in [-0.39, 0.29) is 0 Å². The molecule has 0 amide bonds. The SMILES string of the molecule is Cc1cnc(Nc2cccc([C@@H]3CCCN3Cc3ncc[nH]3)n2)s1. The van der Waals surface area contributed by atoms with Crippen molar-refractivity contribution in [3.8, 4) is 0 Å². The zero-order valence-electron chi connectivity index (χ0n) is 13.6. The molecular formula is C17H20N6S. The Hall–Kier alpha value is -2.25. The second-order valence-corrected chi connectivity index (χ2v) is 7.25. The number of aromatic amines is 1. The van der Waals surface area contributed by atoms with E-state index >= 15 is 0 Å². The molecule has 4 heterocycles. The van der Waals surface area contributed by atoms with Gasteiger partial charge in [0.15, 0.2) is 5.13 Å². The van der Waals surface area contributed by atoms with Crippen LogP contribution >= 0.6 is 11.3 Å². The smallest absolute Gasteiger partial charge is 0.188 e. The van der Waals surface area contributed by atoms with E-state index in [1.165, 1.54) is 11.3 Å². The van der Waals surface area contributed by atoms with Crippen molar-refractivity contribution in [1.29, 1.82) is 0 Å². The first-order chi connectivity index (χ1) is 11.8. The van der Waals surface area contributed by atoms with Crippen molar-refractivity contribution in [3.05, 3.63) is 53.2 Å². The molecule has 0 spiro atoms. The molecule has 0 bridgehead atoms. The lowest BCUT2D eigenvalue weighted by molar-refractivity contribution is 0.239. The predicted molar refractivity (Wildman–Crippen MR) is 95.3 cm³/mol. The number of likely N-dealkylation sites (tertiary alicyclic amines) is 1. The minimum Gasteiger partial charge on any atom is -0.348 e. The average Bonchev–Trinajstić information content (AvgIpc) is 3.31. The maximum absolute atomic E-state index is 4.82. The highest BCUT2D eigenvalue weighted by Gasteiger charge is 2.27. The van der Waals surface area contributed by atoms with Crippen LogP contribution < -0.4 is 5.32 Å². The van der Waals surface area contributed by atoms with E-state index in [1.54, 1.807) is 17.5 Å². The summed E-state index contributed by atoms with van der Waals surface area (Å²) >= 11 is 1.64. The van der Waals surface area contributed by atoms with Crippen molar-refractivity contribution < 1.29 is 0 Å². The van der Waals surface area contributed by atoms with Crippen molar-refractivity contribution in [2.24, 2.45) is 0 Å². The maximum Gasteiger partial charge on any atom is 0.188 e. The summed E-state index contributed by atoms with van der Waals surface area (Å²) in [5, 5.41) is 4.19. The van der Waals surface area contributed by atoms with Crippen molar-refractivity contribution in [2.45, 2.75) is 32.4 Å². The van der Waals surface area contributed by atoms with Crippen LogP contribution in [0.3, 0.4) is 0 Å². The number of anilines is 2. The Morgan fingerprint density at radius 2 is 2.33 bits per heavy atom. The molecule has 124 valence electrons. The summed E-state index contributed by atoms with van der Waals surface area (Å²) in [5.41, 5.74) is 1.11. The predicted octanol–water partition coefficient (Wildman–Crippen LogP) is 3.65. The van der Waals surface area contributed by atoms with Gasteiger partial charge >= 0.3 is 0 Å². The van der Waals surface area contributed by atoms with E-state index in [4.69, 9.17) is 4.98 Å². The van der Waals surface area contributed by atoms with Gasteiger partial charge in [0.25, 0.3) is 0 Å². The van der Waals surface area contributed by atoms with Gasteiger partial charge in [-0.15, -0.1) is 11.3 Å². The molecule has 1 aliphatic rings. The van der Waals surface area contributed by atoms with Crippen LogP contribution in [-0.4, -0.2) is 31.4 Å². The molecule has 1 atom stereocenters. The number of nitrogens with one attached hydrogen (secondary N) is 2. The molecule has 1 saturated heterocycles. The van der Waals surface area contributed by atoms with Gasteiger partial charge in [0.2, 0.25) is 0 Å². The van der Waals surface area contributed by atoms with Crippen LogP contribution in [0.2, 0.25) is 0 Å². The van der Waals surface area contributed by atoms with Crippen LogP contribution in [0.4, 0.5) is 10.9 Å². The van der Waals surface area contributed by atoms with Gasteiger partial charge in [-0.2, -0.15) is 0 Å². The topological polar surface area (TPSA) is 69.7 Å². The van der Waals surface area contributed by atoms with E-state index in [1.807, 2.05) is 18.5 Å². The molecule has 24 heavy (non-hydrogen) atoms. The quantitative estimate of drug-likeness (QED) is 0.742. The lowest BCUT2D eigenvalue weighted by Crippen LogP contribution is -2.24. The lowest BCUT2D eigenvalue weighted by atomic mass is 10.1. The Labute approximate surface area is 145 Å². The maximum atomic E-state index is 4.82. The second-order valence-electron chi connectivity index (χ2n) is 6.01. The molecular weight excluding hydrogens is 320 g/mol. The Balaban J connectivity index is 1.51. The summed E-state index contributed by atoms with van der Waals surface area (Å²) in [6, 6.07) is 6.51. The highest BCUT2D eigenvalue weighted by atomic mass is 32.1. The van der Waals surface area contributed by atoms with E-state index in [0.717, 1.165) is 42.0 Å². The molecule has 1 fully saturated rings. The summed E-state index contributed by atoms with van der Waals surface area (Å²) in [5.74, 6) is 1.86. The van der Waals surface area contributed by atoms with E-state index in [2.05, 4.69) is 44.2 Å². The number of imidazole rings is 1. The zero-order chi connectivity index (χ0) is 16.4. The largest absolute Gasteiger partial charge is 0.348 e. The lowest BCUT2D eigenvalue weighted by Gasteiger charge is -2.23. The molecule has 3 aromatic rings. The number of rotatable bonds is 5. The molecule has 1 aliphatic heterocycles. The van der Waals surface area contributed by atoms with Crippen molar-refractivity contribution >= 4 is 22.3 Å². The van der Waals surface area contributed by atoms with E-state index in [0.29, 0.717) is 6.04 Å².